The third-order valence-corrected chi connectivity index (χ3v) is 5.45. The first kappa shape index (κ1) is 18.5. The molecule has 1 aliphatic carbocycles. The lowest BCUT2D eigenvalue weighted by atomic mass is 9.88. The molecule has 25 heavy (non-hydrogen) atoms. The summed E-state index contributed by atoms with van der Waals surface area (Å²) in [5.74, 6) is 1.57. The highest BCUT2D eigenvalue weighted by molar-refractivity contribution is 5.30. The van der Waals surface area contributed by atoms with Gasteiger partial charge in [-0.15, -0.1) is 0 Å². The van der Waals surface area contributed by atoms with Crippen molar-refractivity contribution in [3.8, 4) is 0 Å². The Morgan fingerprint density at radius 2 is 1.84 bits per heavy atom. The van der Waals surface area contributed by atoms with Crippen molar-refractivity contribution in [2.24, 2.45) is 5.92 Å². The average molecular weight is 348 g/mol. The Balaban J connectivity index is 1.33. The maximum Gasteiger partial charge on any atom is 0.225 e. The number of nitrogens with one attached hydrogen (secondary N) is 1. The Bertz CT molecular complexity index is 501. The minimum atomic E-state index is 0.460. The molecule has 3 rings (SSSR count). The van der Waals surface area contributed by atoms with Gasteiger partial charge in [-0.2, -0.15) is 0 Å². The summed E-state index contributed by atoms with van der Waals surface area (Å²) in [6, 6.07) is 0. The minimum absolute atomic E-state index is 0.460. The quantitative estimate of drug-likeness (QED) is 0.761. The summed E-state index contributed by atoms with van der Waals surface area (Å²) in [5.41, 5.74) is 1.13. The van der Waals surface area contributed by atoms with Gasteiger partial charge in [0.1, 0.15) is 0 Å². The number of hydrogen-bond donors (Lipinski definition) is 1. The van der Waals surface area contributed by atoms with E-state index in [1.165, 1.54) is 25.7 Å². The lowest BCUT2D eigenvalue weighted by molar-refractivity contribution is -0.00322. The zero-order valence-electron chi connectivity index (χ0n) is 15.8. The molecule has 0 spiro atoms. The Hall–Kier alpha value is -1.24. The molecule has 2 fully saturated rings. The van der Waals surface area contributed by atoms with E-state index in [2.05, 4.69) is 39.1 Å². The molecule has 1 saturated heterocycles. The number of hydrogen-bond acceptors (Lipinski definition) is 6. The van der Waals surface area contributed by atoms with Crippen LogP contribution in [0.25, 0.3) is 0 Å². The molecule has 6 nitrogen and oxygen atoms in total. The van der Waals surface area contributed by atoms with Crippen molar-refractivity contribution in [3.63, 3.8) is 0 Å². The Morgan fingerprint density at radius 1 is 1.12 bits per heavy atom. The number of nitrogens with zero attached hydrogens (tertiary/aromatic N) is 4. The second-order valence-electron chi connectivity index (χ2n) is 7.53. The molecular weight excluding hydrogens is 314 g/mol. The van der Waals surface area contributed by atoms with Gasteiger partial charge in [0.25, 0.3) is 0 Å². The topological polar surface area (TPSA) is 53.5 Å². The first-order valence-electron chi connectivity index (χ1n) is 9.79. The second-order valence-corrected chi connectivity index (χ2v) is 7.53. The SMILES string of the molecule is C[C@@H]1CCCC[C@H]1OCCNCc1cnc(N2CCN(C)CC2)nc1. The fraction of sp³-hybridized carbons (Fsp3) is 0.789. The molecule has 0 bridgehead atoms. The van der Waals surface area contributed by atoms with E-state index in [4.69, 9.17) is 4.74 Å². The summed E-state index contributed by atoms with van der Waals surface area (Å²) in [7, 11) is 2.16. The van der Waals surface area contributed by atoms with Crippen LogP contribution in [0.4, 0.5) is 5.95 Å². The van der Waals surface area contributed by atoms with Gasteiger partial charge in [0.15, 0.2) is 0 Å². The highest BCUT2D eigenvalue weighted by Crippen LogP contribution is 2.25. The second kappa shape index (κ2) is 9.46. The van der Waals surface area contributed by atoms with Crippen LogP contribution in [0.15, 0.2) is 12.4 Å². The maximum absolute atomic E-state index is 6.04. The van der Waals surface area contributed by atoms with E-state index >= 15 is 0 Å². The predicted octanol–water partition coefficient (Wildman–Crippen LogP) is 1.91. The van der Waals surface area contributed by atoms with Gasteiger partial charge in [-0.25, -0.2) is 9.97 Å². The summed E-state index contributed by atoms with van der Waals surface area (Å²) in [6.07, 6.45) is 9.57. The smallest absolute Gasteiger partial charge is 0.225 e. The van der Waals surface area contributed by atoms with Crippen LogP contribution >= 0.6 is 0 Å². The molecule has 0 unspecified atom stereocenters. The number of anilines is 1. The molecule has 1 saturated carbocycles. The van der Waals surface area contributed by atoms with Crippen molar-refractivity contribution in [2.45, 2.75) is 45.3 Å². The van der Waals surface area contributed by atoms with Crippen molar-refractivity contribution < 1.29 is 4.74 Å². The predicted molar refractivity (Wildman–Crippen MR) is 101 cm³/mol. The van der Waals surface area contributed by atoms with Crippen molar-refractivity contribution in [1.82, 2.24) is 20.2 Å². The molecular formula is C19H33N5O. The Labute approximate surface area is 152 Å². The lowest BCUT2D eigenvalue weighted by Gasteiger charge is -2.32. The number of ether oxygens (including phenoxy) is 1. The first-order chi connectivity index (χ1) is 12.2. The highest BCUT2D eigenvalue weighted by atomic mass is 16.5. The van der Waals surface area contributed by atoms with Gasteiger partial charge in [-0.05, 0) is 25.8 Å². The van der Waals surface area contributed by atoms with Crippen LogP contribution in [0.3, 0.4) is 0 Å². The number of rotatable bonds is 7. The molecule has 1 N–H and O–H groups in total. The van der Waals surface area contributed by atoms with Gasteiger partial charge in [-0.3, -0.25) is 0 Å². The van der Waals surface area contributed by atoms with E-state index in [1.807, 2.05) is 12.4 Å². The largest absolute Gasteiger partial charge is 0.377 e. The fourth-order valence-corrected chi connectivity index (χ4v) is 3.65. The monoisotopic (exact) mass is 347 g/mol. The van der Waals surface area contributed by atoms with Crippen molar-refractivity contribution in [2.75, 3.05) is 51.3 Å². The highest BCUT2D eigenvalue weighted by Gasteiger charge is 2.21. The number of piperazine rings is 1. The van der Waals surface area contributed by atoms with Crippen LogP contribution in [-0.2, 0) is 11.3 Å². The molecule has 2 aliphatic rings. The van der Waals surface area contributed by atoms with E-state index < -0.39 is 0 Å². The van der Waals surface area contributed by atoms with E-state index in [1.54, 1.807) is 0 Å². The summed E-state index contributed by atoms with van der Waals surface area (Å²) >= 11 is 0. The summed E-state index contributed by atoms with van der Waals surface area (Å²) < 4.78 is 6.04. The number of likely N-dealkylation sites (N-methyl/N-ethyl adjacent to an activating group) is 1. The average Bonchev–Trinajstić information content (AvgIpc) is 2.64. The maximum atomic E-state index is 6.04. The van der Waals surface area contributed by atoms with Gasteiger partial charge in [0.2, 0.25) is 5.95 Å². The van der Waals surface area contributed by atoms with E-state index in [-0.39, 0.29) is 0 Å². The summed E-state index contributed by atoms with van der Waals surface area (Å²) in [4.78, 5) is 13.7. The van der Waals surface area contributed by atoms with Gasteiger partial charge in [0.05, 0.1) is 12.7 Å². The molecule has 0 amide bonds. The molecule has 1 aliphatic heterocycles. The third kappa shape index (κ3) is 5.62. The van der Waals surface area contributed by atoms with Gasteiger partial charge >= 0.3 is 0 Å². The van der Waals surface area contributed by atoms with Crippen molar-refractivity contribution in [1.29, 1.82) is 0 Å². The van der Waals surface area contributed by atoms with Gasteiger partial charge in [-0.1, -0.05) is 19.8 Å². The molecule has 2 atom stereocenters. The Kier molecular flexibility index (Phi) is 7.02. The van der Waals surface area contributed by atoms with Gasteiger partial charge < -0.3 is 19.9 Å². The van der Waals surface area contributed by atoms with E-state index in [0.29, 0.717) is 12.0 Å². The molecule has 1 aromatic rings. The van der Waals surface area contributed by atoms with Gasteiger partial charge in [0, 0.05) is 57.2 Å². The normalized spacial score (nSPS) is 25.3. The standard InChI is InChI=1S/C19H33N5O/c1-16-5-3-4-6-18(16)25-12-7-20-13-17-14-21-19(22-15-17)24-10-8-23(2)9-11-24/h14-16,18,20H,3-13H2,1-2H3/t16-,18-/m1/s1. The van der Waals surface area contributed by atoms with E-state index in [9.17, 15) is 0 Å². The van der Waals surface area contributed by atoms with E-state index in [0.717, 1.165) is 57.4 Å². The first-order valence-corrected chi connectivity index (χ1v) is 9.79. The van der Waals surface area contributed by atoms with Crippen molar-refractivity contribution >= 4 is 5.95 Å². The lowest BCUT2D eigenvalue weighted by Crippen LogP contribution is -2.45. The molecule has 2 heterocycles. The van der Waals surface area contributed by atoms with Crippen LogP contribution in [0.1, 0.15) is 38.2 Å². The van der Waals surface area contributed by atoms with Crippen LogP contribution in [-0.4, -0.2) is 67.4 Å². The molecule has 140 valence electrons. The zero-order chi connectivity index (χ0) is 17.5. The fourth-order valence-electron chi connectivity index (χ4n) is 3.65. The zero-order valence-corrected chi connectivity index (χ0v) is 15.8. The van der Waals surface area contributed by atoms with Crippen LogP contribution in [0.2, 0.25) is 0 Å². The molecule has 1 aromatic heterocycles. The molecule has 6 heteroatoms. The van der Waals surface area contributed by atoms with Crippen LogP contribution in [0.5, 0.6) is 0 Å². The summed E-state index contributed by atoms with van der Waals surface area (Å²) in [6.45, 7) is 8.94. The molecule has 0 aromatic carbocycles. The minimum Gasteiger partial charge on any atom is -0.377 e. The number of aromatic nitrogens is 2. The van der Waals surface area contributed by atoms with Crippen LogP contribution in [0, 0.1) is 5.92 Å². The summed E-state index contributed by atoms with van der Waals surface area (Å²) in [5, 5.41) is 3.44. The van der Waals surface area contributed by atoms with Crippen molar-refractivity contribution in [3.05, 3.63) is 18.0 Å². The Morgan fingerprint density at radius 3 is 2.56 bits per heavy atom. The third-order valence-electron chi connectivity index (χ3n) is 5.45. The molecule has 0 radical (unpaired) electrons. The van der Waals surface area contributed by atoms with Crippen LogP contribution < -0.4 is 10.2 Å².